The van der Waals surface area contributed by atoms with E-state index in [1.54, 1.807) is 30.5 Å². The fourth-order valence-corrected chi connectivity index (χ4v) is 4.25. The molecule has 1 aromatic carbocycles. The van der Waals surface area contributed by atoms with Gasteiger partial charge in [-0.3, -0.25) is 14.6 Å². The van der Waals surface area contributed by atoms with Crippen molar-refractivity contribution in [1.29, 1.82) is 0 Å². The first-order valence-corrected chi connectivity index (χ1v) is 9.97. The molecule has 6 nitrogen and oxygen atoms in total. The van der Waals surface area contributed by atoms with E-state index in [-0.39, 0.29) is 24.2 Å². The number of pyridine rings is 1. The van der Waals surface area contributed by atoms with Gasteiger partial charge in [0.25, 0.3) is 11.8 Å². The van der Waals surface area contributed by atoms with Crippen LogP contribution in [0.15, 0.2) is 48.8 Å². The van der Waals surface area contributed by atoms with E-state index in [0.29, 0.717) is 22.2 Å². The lowest BCUT2D eigenvalue weighted by molar-refractivity contribution is 0.0495. The maximum absolute atomic E-state index is 13.0. The van der Waals surface area contributed by atoms with Crippen molar-refractivity contribution in [1.82, 2.24) is 15.2 Å². The van der Waals surface area contributed by atoms with E-state index in [1.165, 1.54) is 19.0 Å². The second kappa shape index (κ2) is 9.37. The Balaban J connectivity index is 0.00000240. The van der Waals surface area contributed by atoms with Crippen molar-refractivity contribution in [2.24, 2.45) is 5.41 Å². The van der Waals surface area contributed by atoms with Crippen molar-refractivity contribution < 1.29 is 9.59 Å². The van der Waals surface area contributed by atoms with Crippen LogP contribution in [0.1, 0.15) is 46.4 Å². The average Bonchev–Trinajstić information content (AvgIpc) is 2.75. The van der Waals surface area contributed by atoms with Gasteiger partial charge in [-0.1, -0.05) is 6.07 Å². The van der Waals surface area contributed by atoms with Gasteiger partial charge in [0.15, 0.2) is 0 Å². The van der Waals surface area contributed by atoms with Crippen molar-refractivity contribution >= 4 is 29.9 Å². The molecule has 2 aliphatic heterocycles. The largest absolute Gasteiger partial charge is 0.339 e. The summed E-state index contributed by atoms with van der Waals surface area (Å²) in [5.74, 6) is -0.190. The summed E-state index contributed by atoms with van der Waals surface area (Å²) in [4.78, 5) is 31.2. The lowest BCUT2D eigenvalue weighted by Gasteiger charge is -2.44. The molecule has 2 amide bonds. The monoisotopic (exact) mass is 414 g/mol. The lowest BCUT2D eigenvalue weighted by Crippen LogP contribution is -2.47. The molecule has 2 fully saturated rings. The number of amides is 2. The Morgan fingerprint density at radius 2 is 1.72 bits per heavy atom. The van der Waals surface area contributed by atoms with Gasteiger partial charge in [-0.15, -0.1) is 12.4 Å². The second-order valence-corrected chi connectivity index (χ2v) is 7.82. The number of anilines is 1. The number of carbonyl (C=O) groups is 2. The van der Waals surface area contributed by atoms with Crippen LogP contribution in [0.5, 0.6) is 0 Å². The maximum atomic E-state index is 13.0. The molecule has 3 heterocycles. The number of piperidine rings is 2. The Hall–Kier alpha value is -2.44. The maximum Gasteiger partial charge on any atom is 0.257 e. The molecule has 0 atom stereocenters. The summed E-state index contributed by atoms with van der Waals surface area (Å²) < 4.78 is 0. The molecule has 1 aromatic heterocycles. The fraction of sp³-hybridized carbons (Fsp3) is 0.409. The van der Waals surface area contributed by atoms with Gasteiger partial charge in [-0.05, 0) is 74.5 Å². The van der Waals surface area contributed by atoms with E-state index < -0.39 is 0 Å². The molecule has 154 valence electrons. The van der Waals surface area contributed by atoms with Crippen LogP contribution in [0.2, 0.25) is 0 Å². The smallest absolute Gasteiger partial charge is 0.257 e. The third-order valence-electron chi connectivity index (χ3n) is 6.07. The normalized spacial score (nSPS) is 18.0. The van der Waals surface area contributed by atoms with Crippen LogP contribution in [0.4, 0.5) is 5.69 Å². The van der Waals surface area contributed by atoms with Crippen LogP contribution >= 0.6 is 12.4 Å². The molecule has 0 bridgehead atoms. The van der Waals surface area contributed by atoms with E-state index in [9.17, 15) is 9.59 Å². The highest BCUT2D eigenvalue weighted by molar-refractivity contribution is 6.04. The molecule has 2 saturated heterocycles. The quantitative estimate of drug-likeness (QED) is 0.807. The van der Waals surface area contributed by atoms with Crippen LogP contribution in [0.3, 0.4) is 0 Å². The van der Waals surface area contributed by atoms with E-state index in [1.807, 2.05) is 17.0 Å². The number of hydrogen-bond donors (Lipinski definition) is 2. The Morgan fingerprint density at radius 1 is 1.00 bits per heavy atom. The zero-order chi connectivity index (χ0) is 19.4. The number of likely N-dealkylation sites (tertiary alicyclic amines) is 1. The minimum absolute atomic E-state index is 0. The van der Waals surface area contributed by atoms with Crippen LogP contribution in [0, 0.1) is 5.41 Å². The van der Waals surface area contributed by atoms with Crippen LogP contribution in [-0.4, -0.2) is 47.9 Å². The molecule has 7 heteroatoms. The number of carbonyl (C=O) groups excluding carboxylic acids is 2. The summed E-state index contributed by atoms with van der Waals surface area (Å²) in [6, 6.07) is 10.6. The summed E-state index contributed by atoms with van der Waals surface area (Å²) in [6.07, 6.45) is 7.74. The van der Waals surface area contributed by atoms with Crippen LogP contribution in [0.25, 0.3) is 0 Å². The molecule has 0 saturated carbocycles. The molecule has 2 N–H and O–H groups in total. The third kappa shape index (κ3) is 4.95. The molecule has 2 aromatic rings. The molecule has 4 rings (SSSR count). The third-order valence-corrected chi connectivity index (χ3v) is 6.07. The summed E-state index contributed by atoms with van der Waals surface area (Å²) in [5.41, 5.74) is 2.14. The minimum atomic E-state index is -0.233. The van der Waals surface area contributed by atoms with Crippen LogP contribution < -0.4 is 10.6 Å². The molecular weight excluding hydrogens is 388 g/mol. The molecular formula is C22H27ClN4O2. The number of hydrogen-bond acceptors (Lipinski definition) is 4. The van der Waals surface area contributed by atoms with E-state index >= 15 is 0 Å². The summed E-state index contributed by atoms with van der Waals surface area (Å²) in [7, 11) is 0. The first-order chi connectivity index (χ1) is 13.7. The lowest BCUT2D eigenvalue weighted by atomic mass is 9.71. The van der Waals surface area contributed by atoms with E-state index in [0.717, 1.165) is 39.0 Å². The molecule has 0 unspecified atom stereocenters. The van der Waals surface area contributed by atoms with Gasteiger partial charge in [0, 0.05) is 36.7 Å². The number of benzene rings is 1. The van der Waals surface area contributed by atoms with Crippen molar-refractivity contribution in [3.8, 4) is 0 Å². The fourth-order valence-electron chi connectivity index (χ4n) is 4.25. The van der Waals surface area contributed by atoms with Gasteiger partial charge >= 0.3 is 0 Å². The van der Waals surface area contributed by atoms with Gasteiger partial charge in [0.1, 0.15) is 0 Å². The second-order valence-electron chi connectivity index (χ2n) is 7.82. The van der Waals surface area contributed by atoms with Gasteiger partial charge in [-0.2, -0.15) is 0 Å². The predicted molar refractivity (Wildman–Crippen MR) is 116 cm³/mol. The van der Waals surface area contributed by atoms with Crippen molar-refractivity contribution in [2.75, 3.05) is 31.5 Å². The number of halogens is 1. The minimum Gasteiger partial charge on any atom is -0.339 e. The van der Waals surface area contributed by atoms with Gasteiger partial charge in [-0.25, -0.2) is 0 Å². The zero-order valence-electron chi connectivity index (χ0n) is 16.4. The Labute approximate surface area is 177 Å². The SMILES string of the molecule is Cl.O=C(Nc1cccc(C(=O)N2CCC3(CCNCC3)CC2)c1)c1cccnc1. The summed E-state index contributed by atoms with van der Waals surface area (Å²) in [6.45, 7) is 3.80. The van der Waals surface area contributed by atoms with E-state index in [4.69, 9.17) is 0 Å². The first-order valence-electron chi connectivity index (χ1n) is 9.97. The Kier molecular flexibility index (Phi) is 6.87. The number of aromatic nitrogens is 1. The Bertz CT molecular complexity index is 843. The van der Waals surface area contributed by atoms with Gasteiger partial charge in [0.05, 0.1) is 5.56 Å². The predicted octanol–water partition coefficient (Wildman–Crippen LogP) is 3.36. The molecule has 2 aliphatic rings. The standard InChI is InChI=1S/C22H26N4O2.ClH/c27-20(18-4-2-10-24-16-18)25-19-5-1-3-17(15-19)21(28)26-13-8-22(9-14-26)6-11-23-12-7-22;/h1-5,10,15-16,23H,6-9,11-14H2,(H,25,27);1H. The van der Waals surface area contributed by atoms with Gasteiger partial charge in [0.2, 0.25) is 0 Å². The summed E-state index contributed by atoms with van der Waals surface area (Å²) in [5, 5.41) is 6.28. The number of rotatable bonds is 3. The molecule has 1 spiro atoms. The van der Waals surface area contributed by atoms with Crippen molar-refractivity contribution in [2.45, 2.75) is 25.7 Å². The zero-order valence-corrected chi connectivity index (χ0v) is 17.2. The highest BCUT2D eigenvalue weighted by Gasteiger charge is 2.36. The highest BCUT2D eigenvalue weighted by atomic mass is 35.5. The molecule has 0 radical (unpaired) electrons. The van der Waals surface area contributed by atoms with Crippen LogP contribution in [-0.2, 0) is 0 Å². The van der Waals surface area contributed by atoms with Crippen molar-refractivity contribution in [3.63, 3.8) is 0 Å². The Morgan fingerprint density at radius 3 is 2.41 bits per heavy atom. The number of nitrogens with one attached hydrogen (secondary N) is 2. The molecule has 0 aliphatic carbocycles. The number of nitrogens with zero attached hydrogens (tertiary/aromatic N) is 2. The highest BCUT2D eigenvalue weighted by Crippen LogP contribution is 2.39. The molecule has 29 heavy (non-hydrogen) atoms. The van der Waals surface area contributed by atoms with Gasteiger partial charge < -0.3 is 15.5 Å². The topological polar surface area (TPSA) is 74.3 Å². The van der Waals surface area contributed by atoms with Crippen molar-refractivity contribution in [3.05, 3.63) is 59.9 Å². The van der Waals surface area contributed by atoms with E-state index in [2.05, 4.69) is 15.6 Å². The average molecular weight is 415 g/mol. The summed E-state index contributed by atoms with van der Waals surface area (Å²) >= 11 is 0. The first kappa shape index (κ1) is 21.3.